The van der Waals surface area contributed by atoms with E-state index in [0.717, 1.165) is 32.1 Å². The second-order valence-electron chi connectivity index (χ2n) is 6.93. The Hall–Kier alpha value is -0.545. The van der Waals surface area contributed by atoms with Crippen LogP contribution in [0.2, 0.25) is 5.82 Å². The molecule has 0 radical (unpaired) electrons. The van der Waals surface area contributed by atoms with Crippen molar-refractivity contribution < 1.29 is 19.2 Å². The molecule has 0 bridgehead atoms. The summed E-state index contributed by atoms with van der Waals surface area (Å²) in [7, 11) is -0.183. The van der Waals surface area contributed by atoms with E-state index < -0.39 is 5.97 Å². The zero-order valence-corrected chi connectivity index (χ0v) is 12.4. The first-order valence-electron chi connectivity index (χ1n) is 7.31. The SMILES string of the molecule is CC1(C)OB(C2CCCC(C(=O)O)CC2)OC1(C)C. The van der Waals surface area contributed by atoms with Crippen LogP contribution in [-0.4, -0.2) is 29.4 Å². The van der Waals surface area contributed by atoms with Crippen LogP contribution in [0.15, 0.2) is 0 Å². The van der Waals surface area contributed by atoms with E-state index in [0.29, 0.717) is 5.82 Å². The Morgan fingerprint density at radius 2 is 1.63 bits per heavy atom. The van der Waals surface area contributed by atoms with Crippen molar-refractivity contribution in [2.24, 2.45) is 5.92 Å². The molecule has 0 amide bonds. The zero-order valence-electron chi connectivity index (χ0n) is 12.4. The van der Waals surface area contributed by atoms with Crippen molar-refractivity contribution in [3.63, 3.8) is 0 Å². The van der Waals surface area contributed by atoms with E-state index in [4.69, 9.17) is 14.4 Å². The minimum absolute atomic E-state index is 0.183. The molecule has 1 heterocycles. The first kappa shape index (κ1) is 14.9. The van der Waals surface area contributed by atoms with Gasteiger partial charge in [0.2, 0.25) is 0 Å². The van der Waals surface area contributed by atoms with Gasteiger partial charge in [0.15, 0.2) is 0 Å². The van der Waals surface area contributed by atoms with Gasteiger partial charge in [-0.05, 0) is 46.4 Å². The second kappa shape index (κ2) is 5.10. The fourth-order valence-electron chi connectivity index (χ4n) is 2.93. The van der Waals surface area contributed by atoms with Gasteiger partial charge in [-0.25, -0.2) is 0 Å². The summed E-state index contributed by atoms with van der Waals surface area (Å²) in [4.78, 5) is 11.1. The molecule has 0 spiro atoms. The maximum absolute atomic E-state index is 11.1. The molecule has 1 N–H and O–H groups in total. The molecule has 5 heteroatoms. The van der Waals surface area contributed by atoms with Gasteiger partial charge >= 0.3 is 13.1 Å². The number of rotatable bonds is 2. The summed E-state index contributed by atoms with van der Waals surface area (Å²) in [6, 6.07) is 0. The largest absolute Gasteiger partial charge is 0.481 e. The third-order valence-electron chi connectivity index (χ3n) is 5.02. The van der Waals surface area contributed by atoms with E-state index in [9.17, 15) is 4.79 Å². The highest BCUT2D eigenvalue weighted by Gasteiger charge is 2.53. The molecule has 0 aromatic carbocycles. The van der Waals surface area contributed by atoms with Gasteiger partial charge in [-0.15, -0.1) is 0 Å². The normalized spacial score (nSPS) is 34.0. The minimum atomic E-state index is -0.658. The Balaban J connectivity index is 1.99. The van der Waals surface area contributed by atoms with E-state index in [-0.39, 0.29) is 24.2 Å². The number of carbonyl (C=O) groups is 1. The molecule has 1 saturated carbocycles. The Morgan fingerprint density at radius 1 is 1.05 bits per heavy atom. The monoisotopic (exact) mass is 268 g/mol. The van der Waals surface area contributed by atoms with Crippen molar-refractivity contribution in [3.8, 4) is 0 Å². The quantitative estimate of drug-likeness (QED) is 0.617. The first-order valence-corrected chi connectivity index (χ1v) is 7.31. The number of carboxylic acids is 1. The van der Waals surface area contributed by atoms with Crippen LogP contribution in [0.25, 0.3) is 0 Å². The van der Waals surface area contributed by atoms with Gasteiger partial charge in [-0.3, -0.25) is 4.79 Å². The summed E-state index contributed by atoms with van der Waals surface area (Å²) in [5.41, 5.74) is -0.591. The molecule has 1 aliphatic carbocycles. The van der Waals surface area contributed by atoms with Crippen molar-refractivity contribution in [2.75, 3.05) is 0 Å². The lowest BCUT2D eigenvalue weighted by atomic mass is 9.67. The average Bonchev–Trinajstić information content (AvgIpc) is 2.47. The first-order chi connectivity index (χ1) is 8.73. The van der Waals surface area contributed by atoms with Gasteiger partial charge in [0.1, 0.15) is 0 Å². The maximum atomic E-state index is 11.1. The highest BCUT2D eigenvalue weighted by atomic mass is 16.7. The van der Waals surface area contributed by atoms with E-state index in [1.807, 2.05) is 0 Å². The number of carboxylic acid groups (broad SMARTS) is 1. The molecule has 2 atom stereocenters. The Kier molecular flexibility index (Phi) is 3.98. The third-order valence-corrected chi connectivity index (χ3v) is 5.02. The average molecular weight is 268 g/mol. The van der Waals surface area contributed by atoms with Crippen LogP contribution in [0.4, 0.5) is 0 Å². The summed E-state index contributed by atoms with van der Waals surface area (Å²) in [5, 5.41) is 9.12. The second-order valence-corrected chi connectivity index (χ2v) is 6.93. The molecular formula is C14H25BO4. The Labute approximate surface area is 116 Å². The smallest absolute Gasteiger partial charge is 0.461 e. The van der Waals surface area contributed by atoms with E-state index in [1.165, 1.54) is 0 Å². The van der Waals surface area contributed by atoms with Crippen LogP contribution >= 0.6 is 0 Å². The van der Waals surface area contributed by atoms with E-state index in [2.05, 4.69) is 27.7 Å². The van der Waals surface area contributed by atoms with Crippen LogP contribution < -0.4 is 0 Å². The predicted octanol–water partition coefficient (Wildman–Crippen LogP) is 3.11. The van der Waals surface area contributed by atoms with Crippen LogP contribution in [0.1, 0.15) is 59.8 Å². The van der Waals surface area contributed by atoms with Crippen LogP contribution in [0.5, 0.6) is 0 Å². The van der Waals surface area contributed by atoms with Gasteiger partial charge in [-0.2, -0.15) is 0 Å². The highest BCUT2D eigenvalue weighted by molar-refractivity contribution is 6.47. The molecular weight excluding hydrogens is 243 g/mol. The topological polar surface area (TPSA) is 55.8 Å². The van der Waals surface area contributed by atoms with Crippen molar-refractivity contribution in [1.82, 2.24) is 0 Å². The zero-order chi connectivity index (χ0) is 14.3. The van der Waals surface area contributed by atoms with Crippen molar-refractivity contribution >= 4 is 13.1 Å². The van der Waals surface area contributed by atoms with Crippen LogP contribution in [0, 0.1) is 5.92 Å². The summed E-state index contributed by atoms with van der Waals surface area (Å²) >= 11 is 0. The van der Waals surface area contributed by atoms with Crippen molar-refractivity contribution in [3.05, 3.63) is 0 Å². The molecule has 2 unspecified atom stereocenters. The van der Waals surface area contributed by atoms with Gasteiger partial charge in [-0.1, -0.05) is 19.3 Å². The van der Waals surface area contributed by atoms with Gasteiger partial charge in [0, 0.05) is 0 Å². The fraction of sp³-hybridized carbons (Fsp3) is 0.929. The molecule has 108 valence electrons. The summed E-state index contributed by atoms with van der Waals surface area (Å²) in [5.74, 6) is -0.521. The van der Waals surface area contributed by atoms with Crippen molar-refractivity contribution in [1.29, 1.82) is 0 Å². The molecule has 2 fully saturated rings. The molecule has 4 nitrogen and oxygen atoms in total. The summed E-state index contributed by atoms with van der Waals surface area (Å²) in [6.45, 7) is 8.24. The molecule has 1 saturated heterocycles. The maximum Gasteiger partial charge on any atom is 0.461 e. The lowest BCUT2D eigenvalue weighted by Gasteiger charge is -2.32. The highest BCUT2D eigenvalue weighted by Crippen LogP contribution is 2.44. The molecule has 2 aliphatic rings. The Morgan fingerprint density at radius 3 is 2.16 bits per heavy atom. The van der Waals surface area contributed by atoms with E-state index in [1.54, 1.807) is 0 Å². The standard InChI is InChI=1S/C14H25BO4/c1-13(2)14(3,4)19-15(18-13)11-7-5-6-10(8-9-11)12(16)17/h10-11H,5-9H2,1-4H3,(H,16,17). The number of aliphatic carboxylic acids is 1. The lowest BCUT2D eigenvalue weighted by molar-refractivity contribution is -0.142. The summed E-state index contributed by atoms with van der Waals surface area (Å²) in [6.07, 6.45) is 4.36. The van der Waals surface area contributed by atoms with Gasteiger partial charge in [0.25, 0.3) is 0 Å². The molecule has 19 heavy (non-hydrogen) atoms. The lowest BCUT2D eigenvalue weighted by Crippen LogP contribution is -2.41. The van der Waals surface area contributed by atoms with Crippen molar-refractivity contribution in [2.45, 2.75) is 76.8 Å². The molecule has 0 aromatic heterocycles. The Bertz CT molecular complexity index is 337. The minimum Gasteiger partial charge on any atom is -0.481 e. The van der Waals surface area contributed by atoms with Crippen LogP contribution in [-0.2, 0) is 14.1 Å². The molecule has 1 aliphatic heterocycles. The predicted molar refractivity (Wildman–Crippen MR) is 74.0 cm³/mol. The number of hydrogen-bond acceptors (Lipinski definition) is 3. The molecule has 0 aromatic rings. The summed E-state index contributed by atoms with van der Waals surface area (Å²) < 4.78 is 12.2. The van der Waals surface area contributed by atoms with Gasteiger partial charge < -0.3 is 14.4 Å². The third kappa shape index (κ3) is 2.97. The van der Waals surface area contributed by atoms with Gasteiger partial charge in [0.05, 0.1) is 17.1 Å². The number of hydrogen-bond donors (Lipinski definition) is 1. The fourth-order valence-corrected chi connectivity index (χ4v) is 2.93. The van der Waals surface area contributed by atoms with E-state index >= 15 is 0 Å². The molecule has 2 rings (SSSR count). The van der Waals surface area contributed by atoms with Crippen LogP contribution in [0.3, 0.4) is 0 Å².